The smallest absolute Gasteiger partial charge is 0.178 e. The van der Waals surface area contributed by atoms with Crippen LogP contribution >= 0.6 is 11.8 Å². The van der Waals surface area contributed by atoms with Crippen molar-refractivity contribution < 1.29 is 12.8 Å². The van der Waals surface area contributed by atoms with Crippen LogP contribution in [0.4, 0.5) is 4.39 Å². The number of hydrogen-bond donors (Lipinski definition) is 0. The van der Waals surface area contributed by atoms with Crippen molar-refractivity contribution in [2.45, 2.75) is 50.7 Å². The third-order valence-electron chi connectivity index (χ3n) is 3.93. The van der Waals surface area contributed by atoms with Crippen LogP contribution in [0.25, 0.3) is 0 Å². The molecule has 0 saturated carbocycles. The zero-order valence-electron chi connectivity index (χ0n) is 15.1. The van der Waals surface area contributed by atoms with Gasteiger partial charge in [-0.2, -0.15) is 0 Å². The average molecular weight is 385 g/mol. The molecule has 0 N–H and O–H groups in total. The quantitative estimate of drug-likeness (QED) is 0.388. The summed E-state index contributed by atoms with van der Waals surface area (Å²) in [5.74, 6) is 0.811. The molecule has 0 amide bonds. The van der Waals surface area contributed by atoms with E-state index >= 15 is 0 Å². The molecular formula is C18H25FN2O2S2. The maximum Gasteiger partial charge on any atom is 0.178 e. The Morgan fingerprint density at radius 2 is 1.84 bits per heavy atom. The third-order valence-corrected chi connectivity index (χ3v) is 6.81. The summed E-state index contributed by atoms with van der Waals surface area (Å²) >= 11 is 1.59. The largest absolute Gasteiger partial charge is 0.323 e. The number of sulfone groups is 1. The lowest BCUT2D eigenvalue weighted by Crippen LogP contribution is -2.09. The van der Waals surface area contributed by atoms with Crippen molar-refractivity contribution in [1.29, 1.82) is 0 Å². The van der Waals surface area contributed by atoms with Crippen LogP contribution in [-0.4, -0.2) is 29.5 Å². The summed E-state index contributed by atoms with van der Waals surface area (Å²) in [6.45, 7) is 9.29. The number of halogens is 1. The molecule has 0 aliphatic carbocycles. The standard InChI is InChI=1S/C18H25FN2O2S2/c1-13(2)12-21-15(4)14(3)20-18(21)24-10-5-11-25(22,23)17-8-6-16(19)7-9-17/h6-9,13H,5,10-12H2,1-4H3. The molecule has 1 heterocycles. The number of rotatable bonds is 8. The van der Waals surface area contributed by atoms with Gasteiger partial charge in [-0.3, -0.25) is 0 Å². The Morgan fingerprint density at radius 1 is 1.20 bits per heavy atom. The highest BCUT2D eigenvalue weighted by Gasteiger charge is 2.16. The lowest BCUT2D eigenvalue weighted by atomic mass is 10.2. The Morgan fingerprint density at radius 3 is 2.44 bits per heavy atom. The van der Waals surface area contributed by atoms with E-state index in [0.29, 0.717) is 18.1 Å². The van der Waals surface area contributed by atoms with E-state index in [1.165, 1.54) is 24.3 Å². The summed E-state index contributed by atoms with van der Waals surface area (Å²) in [7, 11) is -3.37. The van der Waals surface area contributed by atoms with Crippen molar-refractivity contribution in [1.82, 2.24) is 9.55 Å². The van der Waals surface area contributed by atoms with Gasteiger partial charge in [0.15, 0.2) is 15.0 Å². The maximum absolute atomic E-state index is 12.9. The SMILES string of the molecule is Cc1nc(SCCCS(=O)(=O)c2ccc(F)cc2)n(CC(C)C)c1C. The van der Waals surface area contributed by atoms with E-state index in [0.717, 1.165) is 23.1 Å². The molecule has 1 aromatic carbocycles. The molecule has 0 radical (unpaired) electrons. The topological polar surface area (TPSA) is 52.0 Å². The summed E-state index contributed by atoms with van der Waals surface area (Å²) in [5.41, 5.74) is 2.18. The molecule has 0 aliphatic heterocycles. The summed E-state index contributed by atoms with van der Waals surface area (Å²) in [4.78, 5) is 4.77. The van der Waals surface area contributed by atoms with E-state index in [-0.39, 0.29) is 10.6 Å². The van der Waals surface area contributed by atoms with Gasteiger partial charge in [-0.25, -0.2) is 17.8 Å². The first-order valence-corrected chi connectivity index (χ1v) is 11.0. The second-order valence-corrected chi connectivity index (χ2v) is 9.72. The molecule has 2 rings (SSSR count). The number of benzene rings is 1. The van der Waals surface area contributed by atoms with E-state index in [2.05, 4.69) is 30.3 Å². The van der Waals surface area contributed by atoms with Gasteiger partial charge in [0, 0.05) is 18.0 Å². The number of imidazole rings is 1. The van der Waals surface area contributed by atoms with E-state index < -0.39 is 15.7 Å². The molecule has 25 heavy (non-hydrogen) atoms. The maximum atomic E-state index is 12.9. The van der Waals surface area contributed by atoms with Gasteiger partial charge >= 0.3 is 0 Å². The van der Waals surface area contributed by atoms with Crippen molar-refractivity contribution in [2.75, 3.05) is 11.5 Å². The van der Waals surface area contributed by atoms with Gasteiger partial charge in [0.2, 0.25) is 0 Å². The third kappa shape index (κ3) is 5.31. The van der Waals surface area contributed by atoms with Crippen molar-refractivity contribution in [3.8, 4) is 0 Å². The fourth-order valence-electron chi connectivity index (χ4n) is 2.49. The molecule has 0 bridgehead atoms. The molecule has 7 heteroatoms. The van der Waals surface area contributed by atoms with Crippen molar-refractivity contribution in [3.05, 3.63) is 41.5 Å². The number of thioether (sulfide) groups is 1. The van der Waals surface area contributed by atoms with Crippen LogP contribution in [0.15, 0.2) is 34.3 Å². The first-order valence-electron chi connectivity index (χ1n) is 8.35. The van der Waals surface area contributed by atoms with Gasteiger partial charge in [-0.05, 0) is 50.5 Å². The van der Waals surface area contributed by atoms with Gasteiger partial charge in [0.1, 0.15) is 5.82 Å². The minimum Gasteiger partial charge on any atom is -0.323 e. The highest BCUT2D eigenvalue weighted by atomic mass is 32.2. The molecule has 0 atom stereocenters. The van der Waals surface area contributed by atoms with Gasteiger partial charge in [-0.15, -0.1) is 0 Å². The molecule has 1 aromatic heterocycles. The summed E-state index contributed by atoms with van der Waals surface area (Å²) < 4.78 is 39.7. The van der Waals surface area contributed by atoms with Crippen LogP contribution in [-0.2, 0) is 16.4 Å². The zero-order chi connectivity index (χ0) is 18.6. The van der Waals surface area contributed by atoms with E-state index in [9.17, 15) is 12.8 Å². The molecule has 138 valence electrons. The van der Waals surface area contributed by atoms with Gasteiger partial charge in [0.05, 0.1) is 16.3 Å². The van der Waals surface area contributed by atoms with Crippen LogP contribution in [0.3, 0.4) is 0 Å². The van der Waals surface area contributed by atoms with E-state index in [4.69, 9.17) is 0 Å². The van der Waals surface area contributed by atoms with Crippen LogP contribution in [0, 0.1) is 25.6 Å². The monoisotopic (exact) mass is 384 g/mol. The molecule has 0 fully saturated rings. The summed E-state index contributed by atoms with van der Waals surface area (Å²) in [5, 5.41) is 0.947. The number of hydrogen-bond acceptors (Lipinski definition) is 4. The predicted octanol–water partition coefficient (Wildman–Crippen LogP) is 4.25. The normalized spacial score (nSPS) is 12.1. The Bertz CT molecular complexity index is 812. The minimum atomic E-state index is -3.37. The number of aromatic nitrogens is 2. The van der Waals surface area contributed by atoms with Gasteiger partial charge in [0.25, 0.3) is 0 Å². The zero-order valence-corrected chi connectivity index (χ0v) is 16.8. The molecule has 2 aromatic rings. The highest BCUT2D eigenvalue weighted by Crippen LogP contribution is 2.23. The number of aryl methyl sites for hydroxylation is 1. The van der Waals surface area contributed by atoms with Crippen LogP contribution in [0.5, 0.6) is 0 Å². The predicted molar refractivity (Wildman–Crippen MR) is 100 cm³/mol. The first-order chi connectivity index (χ1) is 11.7. The molecular weight excluding hydrogens is 359 g/mol. The fraction of sp³-hybridized carbons (Fsp3) is 0.500. The van der Waals surface area contributed by atoms with Crippen molar-refractivity contribution >= 4 is 21.6 Å². The van der Waals surface area contributed by atoms with E-state index in [1.807, 2.05) is 6.92 Å². The van der Waals surface area contributed by atoms with Crippen molar-refractivity contribution in [3.63, 3.8) is 0 Å². The first kappa shape index (κ1) is 20.0. The van der Waals surface area contributed by atoms with Crippen molar-refractivity contribution in [2.24, 2.45) is 5.92 Å². The average Bonchev–Trinajstić information content (AvgIpc) is 2.79. The molecule has 0 saturated heterocycles. The summed E-state index contributed by atoms with van der Waals surface area (Å²) in [6.07, 6.45) is 0.525. The van der Waals surface area contributed by atoms with Crippen LogP contribution in [0.2, 0.25) is 0 Å². The minimum absolute atomic E-state index is 0.0501. The second kappa shape index (κ2) is 8.36. The Labute approximate surface area is 153 Å². The second-order valence-electron chi connectivity index (χ2n) is 6.54. The van der Waals surface area contributed by atoms with Gasteiger partial charge in [-0.1, -0.05) is 25.6 Å². The lowest BCUT2D eigenvalue weighted by molar-refractivity contribution is 0.486. The Hall–Kier alpha value is -1.34. The fourth-order valence-corrected chi connectivity index (χ4v) is 5.02. The molecule has 0 unspecified atom stereocenters. The number of nitrogens with zero attached hydrogens (tertiary/aromatic N) is 2. The highest BCUT2D eigenvalue weighted by molar-refractivity contribution is 7.99. The summed E-state index contributed by atoms with van der Waals surface area (Å²) in [6, 6.07) is 4.99. The van der Waals surface area contributed by atoms with Crippen LogP contribution < -0.4 is 0 Å². The molecule has 0 aliphatic rings. The Balaban J connectivity index is 1.95. The van der Waals surface area contributed by atoms with Gasteiger partial charge < -0.3 is 4.57 Å². The molecule has 4 nitrogen and oxygen atoms in total. The molecule has 0 spiro atoms. The van der Waals surface area contributed by atoms with Crippen LogP contribution in [0.1, 0.15) is 31.7 Å². The lowest BCUT2D eigenvalue weighted by Gasteiger charge is -2.12. The Kier molecular flexibility index (Phi) is 6.68. The van der Waals surface area contributed by atoms with E-state index in [1.54, 1.807) is 11.8 Å².